The molecular weight excluding hydrogens is 200 g/mol. The van der Waals surface area contributed by atoms with E-state index in [9.17, 15) is 4.79 Å². The van der Waals surface area contributed by atoms with Gasteiger partial charge in [0, 0.05) is 25.0 Å². The van der Waals surface area contributed by atoms with E-state index in [4.69, 9.17) is 0 Å². The third-order valence-electron chi connectivity index (χ3n) is 2.92. The molecule has 0 aromatic heterocycles. The summed E-state index contributed by atoms with van der Waals surface area (Å²) in [6.07, 6.45) is 0.736. The van der Waals surface area contributed by atoms with Gasteiger partial charge >= 0.3 is 0 Å². The molecule has 0 aromatic carbocycles. The lowest BCUT2D eigenvalue weighted by Gasteiger charge is -2.26. The summed E-state index contributed by atoms with van der Waals surface area (Å²) in [5.74, 6) is 1.39. The number of carbonyl (C=O) groups excluding carboxylic acids is 1. The van der Waals surface area contributed by atoms with Gasteiger partial charge in [0.1, 0.15) is 0 Å². The maximum absolute atomic E-state index is 11.6. The van der Waals surface area contributed by atoms with E-state index < -0.39 is 0 Å². The van der Waals surface area contributed by atoms with Crippen LogP contribution in [0.1, 0.15) is 41.0 Å². The number of hydrogen-bond acceptors (Lipinski definition) is 2. The van der Waals surface area contributed by atoms with Crippen molar-refractivity contribution < 1.29 is 4.79 Å². The number of likely N-dealkylation sites (tertiary alicyclic amines) is 1. The molecule has 1 saturated heterocycles. The maximum Gasteiger partial charge on any atom is 0.222 e. The highest BCUT2D eigenvalue weighted by Gasteiger charge is 2.27. The Balaban J connectivity index is 2.29. The molecule has 94 valence electrons. The Morgan fingerprint density at radius 1 is 1.50 bits per heavy atom. The van der Waals surface area contributed by atoms with Crippen LogP contribution in [0.25, 0.3) is 0 Å². The molecular formula is C13H26N2O. The van der Waals surface area contributed by atoms with Crippen molar-refractivity contribution in [2.45, 2.75) is 46.6 Å². The Morgan fingerprint density at radius 2 is 2.12 bits per heavy atom. The minimum atomic E-state index is 0.163. The van der Waals surface area contributed by atoms with Crippen molar-refractivity contribution >= 4 is 5.91 Å². The Hall–Kier alpha value is -0.570. The predicted octanol–water partition coefficient (Wildman–Crippen LogP) is 1.88. The molecule has 0 spiro atoms. The Labute approximate surface area is 99.6 Å². The molecule has 2 atom stereocenters. The van der Waals surface area contributed by atoms with E-state index in [0.717, 1.165) is 26.1 Å². The lowest BCUT2D eigenvalue weighted by molar-refractivity contribution is -0.128. The quantitative estimate of drug-likeness (QED) is 0.794. The van der Waals surface area contributed by atoms with Gasteiger partial charge in [0.2, 0.25) is 5.91 Å². The zero-order valence-corrected chi connectivity index (χ0v) is 11.3. The van der Waals surface area contributed by atoms with Crippen LogP contribution in [-0.4, -0.2) is 36.0 Å². The van der Waals surface area contributed by atoms with E-state index in [1.165, 1.54) is 0 Å². The summed E-state index contributed by atoms with van der Waals surface area (Å²) in [6, 6.07) is 0. The molecule has 1 aliphatic rings. The van der Waals surface area contributed by atoms with Gasteiger partial charge < -0.3 is 10.2 Å². The highest BCUT2D eigenvalue weighted by atomic mass is 16.2. The van der Waals surface area contributed by atoms with Crippen LogP contribution in [0.15, 0.2) is 0 Å². The molecule has 1 heterocycles. The molecule has 1 amide bonds. The first-order chi connectivity index (χ1) is 7.28. The van der Waals surface area contributed by atoms with Crippen LogP contribution in [0.5, 0.6) is 0 Å². The first-order valence-corrected chi connectivity index (χ1v) is 6.30. The average molecular weight is 226 g/mol. The fourth-order valence-electron chi connectivity index (χ4n) is 2.07. The summed E-state index contributed by atoms with van der Waals surface area (Å²) in [5, 5.41) is 3.48. The second-order valence-corrected chi connectivity index (χ2v) is 6.34. The summed E-state index contributed by atoms with van der Waals surface area (Å²) in [7, 11) is 0. The maximum atomic E-state index is 11.6. The minimum Gasteiger partial charge on any atom is -0.342 e. The zero-order chi connectivity index (χ0) is 12.3. The third kappa shape index (κ3) is 4.52. The van der Waals surface area contributed by atoms with Crippen molar-refractivity contribution in [3.63, 3.8) is 0 Å². The summed E-state index contributed by atoms with van der Waals surface area (Å²) in [5.41, 5.74) is 0.163. The molecule has 3 heteroatoms. The summed E-state index contributed by atoms with van der Waals surface area (Å²) in [4.78, 5) is 13.6. The van der Waals surface area contributed by atoms with Crippen LogP contribution in [0.4, 0.5) is 0 Å². The van der Waals surface area contributed by atoms with Gasteiger partial charge in [-0.05, 0) is 39.2 Å². The van der Waals surface area contributed by atoms with Gasteiger partial charge in [-0.2, -0.15) is 0 Å². The van der Waals surface area contributed by atoms with Crippen molar-refractivity contribution in [1.29, 1.82) is 0 Å². The van der Waals surface area contributed by atoms with Crippen molar-refractivity contribution in [2.24, 2.45) is 11.8 Å². The Morgan fingerprint density at radius 3 is 2.56 bits per heavy atom. The van der Waals surface area contributed by atoms with Crippen LogP contribution in [-0.2, 0) is 4.79 Å². The largest absolute Gasteiger partial charge is 0.342 e. The lowest BCUT2D eigenvalue weighted by atomic mass is 10.1. The van der Waals surface area contributed by atoms with E-state index in [1.807, 2.05) is 4.90 Å². The highest BCUT2D eigenvalue weighted by molar-refractivity contribution is 5.78. The molecule has 0 radical (unpaired) electrons. The van der Waals surface area contributed by atoms with Crippen molar-refractivity contribution in [3.8, 4) is 0 Å². The van der Waals surface area contributed by atoms with Gasteiger partial charge in [0.15, 0.2) is 0 Å². The van der Waals surface area contributed by atoms with Crippen LogP contribution >= 0.6 is 0 Å². The van der Waals surface area contributed by atoms with E-state index in [2.05, 4.69) is 39.9 Å². The summed E-state index contributed by atoms with van der Waals surface area (Å²) >= 11 is 0. The van der Waals surface area contributed by atoms with Crippen LogP contribution in [0.2, 0.25) is 0 Å². The van der Waals surface area contributed by atoms with Gasteiger partial charge in [-0.3, -0.25) is 4.79 Å². The lowest BCUT2D eigenvalue weighted by Crippen LogP contribution is -2.41. The van der Waals surface area contributed by atoms with E-state index in [0.29, 0.717) is 17.7 Å². The molecule has 1 rings (SSSR count). The number of nitrogens with one attached hydrogen (secondary N) is 1. The molecule has 1 N–H and O–H groups in total. The first kappa shape index (κ1) is 13.5. The average Bonchev–Trinajstić information content (AvgIpc) is 2.41. The van der Waals surface area contributed by atoms with E-state index in [1.54, 1.807) is 0 Å². The van der Waals surface area contributed by atoms with Gasteiger partial charge in [-0.15, -0.1) is 0 Å². The van der Waals surface area contributed by atoms with Crippen LogP contribution in [0, 0.1) is 11.8 Å². The zero-order valence-electron chi connectivity index (χ0n) is 11.3. The minimum absolute atomic E-state index is 0.163. The van der Waals surface area contributed by atoms with Crippen LogP contribution in [0.3, 0.4) is 0 Å². The van der Waals surface area contributed by atoms with Gasteiger partial charge in [0.05, 0.1) is 0 Å². The van der Waals surface area contributed by atoms with Gasteiger partial charge in [0.25, 0.3) is 0 Å². The molecule has 16 heavy (non-hydrogen) atoms. The number of nitrogens with zero attached hydrogens (tertiary/aromatic N) is 1. The topological polar surface area (TPSA) is 32.3 Å². The summed E-state index contributed by atoms with van der Waals surface area (Å²) in [6.45, 7) is 13.7. The molecule has 3 nitrogen and oxygen atoms in total. The number of hydrogen-bond donors (Lipinski definition) is 1. The van der Waals surface area contributed by atoms with E-state index >= 15 is 0 Å². The van der Waals surface area contributed by atoms with Crippen molar-refractivity contribution in [1.82, 2.24) is 10.2 Å². The van der Waals surface area contributed by atoms with Crippen LogP contribution < -0.4 is 5.32 Å². The predicted molar refractivity (Wildman–Crippen MR) is 67.3 cm³/mol. The molecule has 0 aliphatic carbocycles. The smallest absolute Gasteiger partial charge is 0.222 e. The van der Waals surface area contributed by atoms with E-state index in [-0.39, 0.29) is 5.54 Å². The highest BCUT2D eigenvalue weighted by Crippen LogP contribution is 2.18. The molecule has 0 saturated carbocycles. The Bertz CT molecular complexity index is 245. The second-order valence-electron chi connectivity index (χ2n) is 6.34. The normalized spacial score (nSPS) is 23.9. The molecule has 0 bridgehead atoms. The van der Waals surface area contributed by atoms with Crippen molar-refractivity contribution in [3.05, 3.63) is 0 Å². The third-order valence-corrected chi connectivity index (χ3v) is 2.92. The molecule has 0 aromatic rings. The monoisotopic (exact) mass is 226 g/mol. The first-order valence-electron chi connectivity index (χ1n) is 6.30. The molecule has 1 fully saturated rings. The number of carbonyl (C=O) groups is 1. The Kier molecular flexibility index (Phi) is 4.36. The second kappa shape index (κ2) is 5.17. The van der Waals surface area contributed by atoms with Gasteiger partial charge in [-0.1, -0.05) is 13.8 Å². The van der Waals surface area contributed by atoms with Crippen molar-refractivity contribution in [2.75, 3.05) is 19.6 Å². The molecule has 1 aliphatic heterocycles. The fourth-order valence-corrected chi connectivity index (χ4v) is 2.07. The number of amides is 1. The summed E-state index contributed by atoms with van der Waals surface area (Å²) < 4.78 is 0. The fraction of sp³-hybridized carbons (Fsp3) is 0.923. The molecule has 2 unspecified atom stereocenters. The SMILES string of the molecule is CC(CNC(C)(C)C)CN1CC(C)CC1=O. The number of rotatable bonds is 4. The standard InChI is InChI=1S/C13H26N2O/c1-10-6-12(16)15(8-10)9-11(2)7-14-13(3,4)5/h10-11,14H,6-9H2,1-5H3. The van der Waals surface area contributed by atoms with Gasteiger partial charge in [-0.25, -0.2) is 0 Å².